The maximum atomic E-state index is 13.2. The van der Waals surface area contributed by atoms with Crippen molar-refractivity contribution in [2.75, 3.05) is 6.54 Å². The average Bonchev–Trinajstić information content (AvgIpc) is 3.46. The highest BCUT2D eigenvalue weighted by Crippen LogP contribution is 2.23. The van der Waals surface area contributed by atoms with E-state index in [-0.39, 0.29) is 27.8 Å². The third kappa shape index (κ3) is 5.58. The molecular formula is C25H24ClN5O3S. The van der Waals surface area contributed by atoms with Gasteiger partial charge in [-0.25, -0.2) is 5.16 Å². The number of halogens is 1. The first-order valence-electron chi connectivity index (χ1n) is 11.0. The van der Waals surface area contributed by atoms with E-state index in [2.05, 4.69) is 20.6 Å². The fraction of sp³-hybridized carbons (Fsp3) is 0.240. The average molecular weight is 510 g/mol. The van der Waals surface area contributed by atoms with E-state index in [0.717, 1.165) is 11.1 Å². The molecule has 0 spiro atoms. The smallest absolute Gasteiger partial charge is 0.314 e. The number of amides is 1. The molecule has 0 unspecified atom stereocenters. The minimum Gasteiger partial charge on any atom is -0.350 e. The van der Waals surface area contributed by atoms with Crippen molar-refractivity contribution in [2.45, 2.75) is 32.7 Å². The van der Waals surface area contributed by atoms with E-state index in [1.165, 1.54) is 6.20 Å². The highest BCUT2D eigenvalue weighted by atomic mass is 35.5. The van der Waals surface area contributed by atoms with E-state index in [9.17, 15) is 9.59 Å². The van der Waals surface area contributed by atoms with Crippen LogP contribution in [0.3, 0.4) is 0 Å². The summed E-state index contributed by atoms with van der Waals surface area (Å²) in [5.74, 6) is -0.118. The number of carbonyl (C=O) groups excluding carboxylic acids is 2. The monoisotopic (exact) mass is 509 g/mol. The Hall–Kier alpha value is -3.56. The van der Waals surface area contributed by atoms with Gasteiger partial charge in [0.25, 0.3) is 5.91 Å². The van der Waals surface area contributed by atoms with Gasteiger partial charge >= 0.3 is 4.84 Å². The van der Waals surface area contributed by atoms with E-state index in [0.29, 0.717) is 29.4 Å². The molecule has 0 atom stereocenters. The third-order valence-corrected chi connectivity index (χ3v) is 5.73. The zero-order chi connectivity index (χ0) is 25.2. The van der Waals surface area contributed by atoms with E-state index in [1.807, 2.05) is 45.0 Å². The number of hydrogen-bond donors (Lipinski definition) is 2. The fourth-order valence-electron chi connectivity index (χ4n) is 3.61. The molecule has 180 valence electrons. The number of nitrogens with one attached hydrogen (secondary N) is 2. The van der Waals surface area contributed by atoms with Crippen molar-refractivity contribution in [3.8, 4) is 11.4 Å². The predicted octanol–water partition coefficient (Wildman–Crippen LogP) is 5.21. The molecule has 2 aromatic carbocycles. The van der Waals surface area contributed by atoms with Gasteiger partial charge in [0.2, 0.25) is 0 Å². The molecule has 0 fully saturated rings. The molecule has 4 aromatic rings. The van der Waals surface area contributed by atoms with Crippen LogP contribution < -0.4 is 5.32 Å². The Morgan fingerprint density at radius 3 is 2.54 bits per heavy atom. The molecule has 0 aliphatic carbocycles. The lowest BCUT2D eigenvalue weighted by molar-refractivity contribution is 0.0925. The Morgan fingerprint density at radius 2 is 1.91 bits per heavy atom. The third-order valence-electron chi connectivity index (χ3n) is 5.32. The second-order valence-corrected chi connectivity index (χ2v) is 9.75. The topological polar surface area (TPSA) is 106 Å². The Kier molecular flexibility index (Phi) is 7.00. The van der Waals surface area contributed by atoms with Crippen molar-refractivity contribution in [1.29, 1.82) is 0 Å². The Balaban J connectivity index is 1.50. The lowest BCUT2D eigenvalue weighted by atomic mass is 10.0. The number of carbonyl (C=O) groups is 2. The molecule has 1 amide bonds. The van der Waals surface area contributed by atoms with Crippen LogP contribution in [-0.2, 0) is 12.0 Å². The maximum Gasteiger partial charge on any atom is 0.314 e. The molecule has 4 rings (SSSR count). The first-order valence-corrected chi connectivity index (χ1v) is 11.7. The van der Waals surface area contributed by atoms with Gasteiger partial charge in [-0.3, -0.25) is 14.3 Å². The summed E-state index contributed by atoms with van der Waals surface area (Å²) in [7, 11) is 0. The number of H-pyrrole nitrogens is 1. The number of ketones is 1. The van der Waals surface area contributed by atoms with Gasteiger partial charge in [-0.05, 0) is 57.1 Å². The summed E-state index contributed by atoms with van der Waals surface area (Å²) in [5, 5.41) is 10.4. The van der Waals surface area contributed by atoms with Crippen LogP contribution in [0.4, 0.5) is 0 Å². The molecule has 35 heavy (non-hydrogen) atoms. The lowest BCUT2D eigenvalue weighted by Crippen LogP contribution is -2.34. The SMILES string of the molecule is CC(C)(C)n1ncc(C(=O)c2cccc(Cl)c2)c1C(=O)NCCc1ccc(-c2nc(=S)o[nH]2)cc1. The van der Waals surface area contributed by atoms with Crippen molar-refractivity contribution in [3.05, 3.63) is 87.0 Å². The molecule has 0 bridgehead atoms. The van der Waals surface area contributed by atoms with Crippen LogP contribution in [0.25, 0.3) is 11.4 Å². The van der Waals surface area contributed by atoms with E-state index < -0.39 is 5.54 Å². The number of hydrogen-bond acceptors (Lipinski definition) is 6. The molecule has 0 aliphatic rings. The molecule has 2 N–H and O–H groups in total. The summed E-state index contributed by atoms with van der Waals surface area (Å²) in [6.07, 6.45) is 2.04. The Bertz CT molecular complexity index is 1430. The van der Waals surface area contributed by atoms with Crippen LogP contribution in [0.1, 0.15) is 52.7 Å². The van der Waals surface area contributed by atoms with Gasteiger partial charge in [0.05, 0.1) is 17.3 Å². The van der Waals surface area contributed by atoms with Crippen LogP contribution in [0, 0.1) is 4.84 Å². The number of aromatic amines is 1. The second kappa shape index (κ2) is 9.97. The van der Waals surface area contributed by atoms with Crippen LogP contribution in [-0.4, -0.2) is 38.2 Å². The quantitative estimate of drug-likeness (QED) is 0.262. The largest absolute Gasteiger partial charge is 0.350 e. The normalized spacial score (nSPS) is 11.4. The van der Waals surface area contributed by atoms with Gasteiger partial charge < -0.3 is 9.84 Å². The summed E-state index contributed by atoms with van der Waals surface area (Å²) in [6, 6.07) is 14.3. The molecule has 8 nitrogen and oxygen atoms in total. The zero-order valence-electron chi connectivity index (χ0n) is 19.5. The summed E-state index contributed by atoms with van der Waals surface area (Å²) in [4.78, 5) is 30.7. The van der Waals surface area contributed by atoms with E-state index >= 15 is 0 Å². The zero-order valence-corrected chi connectivity index (χ0v) is 21.0. The number of nitrogens with zero attached hydrogens (tertiary/aromatic N) is 3. The van der Waals surface area contributed by atoms with Gasteiger partial charge in [0.1, 0.15) is 5.69 Å². The van der Waals surface area contributed by atoms with Crippen LogP contribution in [0.15, 0.2) is 59.3 Å². The van der Waals surface area contributed by atoms with Crippen molar-refractivity contribution in [2.24, 2.45) is 0 Å². The summed E-state index contributed by atoms with van der Waals surface area (Å²) in [5.41, 5.74) is 2.21. The Labute approximate surface area is 212 Å². The highest BCUT2D eigenvalue weighted by Gasteiger charge is 2.29. The number of benzene rings is 2. The standard InChI is InChI=1S/C25H24ClN5O3S/c1-25(2,3)31-20(19(14-28-31)21(32)17-5-4-6-18(26)13-17)23(33)27-12-11-15-7-9-16(10-8-15)22-29-24(35)34-30-22/h4-10,13-14H,11-12H2,1-3H3,(H,27,33)(H,29,30,35). The summed E-state index contributed by atoms with van der Waals surface area (Å²) < 4.78 is 6.54. The Morgan fingerprint density at radius 1 is 1.17 bits per heavy atom. The first-order chi connectivity index (χ1) is 16.6. The van der Waals surface area contributed by atoms with Crippen molar-refractivity contribution in [1.82, 2.24) is 25.2 Å². The minimum absolute atomic E-state index is 0.148. The lowest BCUT2D eigenvalue weighted by Gasteiger charge is -2.22. The number of rotatable bonds is 7. The molecular weight excluding hydrogens is 486 g/mol. The minimum atomic E-state index is -0.502. The van der Waals surface area contributed by atoms with Crippen molar-refractivity contribution >= 4 is 35.5 Å². The predicted molar refractivity (Wildman–Crippen MR) is 135 cm³/mol. The highest BCUT2D eigenvalue weighted by molar-refractivity contribution is 7.71. The first kappa shape index (κ1) is 24.6. The summed E-state index contributed by atoms with van der Waals surface area (Å²) in [6.45, 7) is 6.15. The second-order valence-electron chi connectivity index (χ2n) is 8.96. The van der Waals surface area contributed by atoms with Crippen LogP contribution in [0.5, 0.6) is 0 Å². The van der Waals surface area contributed by atoms with Gasteiger partial charge in [-0.2, -0.15) is 10.1 Å². The fourth-order valence-corrected chi connectivity index (χ4v) is 3.94. The van der Waals surface area contributed by atoms with E-state index in [4.69, 9.17) is 28.3 Å². The van der Waals surface area contributed by atoms with Gasteiger partial charge in [-0.1, -0.05) is 48.0 Å². The van der Waals surface area contributed by atoms with Gasteiger partial charge in [0.15, 0.2) is 11.6 Å². The van der Waals surface area contributed by atoms with Gasteiger partial charge in [0, 0.05) is 22.7 Å². The molecule has 2 heterocycles. The molecule has 0 saturated heterocycles. The number of aromatic nitrogens is 4. The molecule has 10 heteroatoms. The van der Waals surface area contributed by atoms with Gasteiger partial charge in [-0.15, -0.1) is 0 Å². The molecule has 0 aliphatic heterocycles. The van der Waals surface area contributed by atoms with Crippen LogP contribution in [0.2, 0.25) is 5.02 Å². The maximum absolute atomic E-state index is 13.2. The molecule has 0 radical (unpaired) electrons. The summed E-state index contributed by atoms with van der Waals surface area (Å²) >= 11 is 10.9. The van der Waals surface area contributed by atoms with Crippen molar-refractivity contribution in [3.63, 3.8) is 0 Å². The van der Waals surface area contributed by atoms with Crippen LogP contribution >= 0.6 is 23.8 Å². The van der Waals surface area contributed by atoms with E-state index in [1.54, 1.807) is 28.9 Å². The van der Waals surface area contributed by atoms with Crippen molar-refractivity contribution < 1.29 is 14.1 Å². The molecule has 0 saturated carbocycles. The molecule has 2 aromatic heterocycles.